The van der Waals surface area contributed by atoms with Crippen molar-refractivity contribution in [2.75, 3.05) is 29.9 Å². The van der Waals surface area contributed by atoms with Crippen LogP contribution >= 0.6 is 11.6 Å². The van der Waals surface area contributed by atoms with Crippen LogP contribution in [0.3, 0.4) is 0 Å². The minimum absolute atomic E-state index is 0.0629. The highest BCUT2D eigenvalue weighted by Crippen LogP contribution is 2.35. The van der Waals surface area contributed by atoms with Crippen LogP contribution in [0, 0.1) is 0 Å². The number of amides is 2. The maximum atomic E-state index is 12.5. The summed E-state index contributed by atoms with van der Waals surface area (Å²) in [6.07, 6.45) is 3.19. The van der Waals surface area contributed by atoms with Crippen LogP contribution in [0.5, 0.6) is 5.75 Å². The first-order valence-electron chi connectivity index (χ1n) is 11.1. The summed E-state index contributed by atoms with van der Waals surface area (Å²) >= 11 is 5.97. The second kappa shape index (κ2) is 11.0. The number of benzene rings is 2. The SMILES string of the molecule is CC(=O)Nc1ncnc(N2CCCC(NC(=O)COc3cccc(Cl)c3)C2)c1-c1ccccc1. The van der Waals surface area contributed by atoms with Gasteiger partial charge in [-0.3, -0.25) is 9.59 Å². The van der Waals surface area contributed by atoms with Crippen molar-refractivity contribution in [1.29, 1.82) is 0 Å². The fourth-order valence-corrected chi connectivity index (χ4v) is 4.19. The van der Waals surface area contributed by atoms with Crippen molar-refractivity contribution in [3.05, 3.63) is 65.9 Å². The van der Waals surface area contributed by atoms with Crippen molar-refractivity contribution in [3.8, 4) is 16.9 Å². The molecule has 2 heterocycles. The Morgan fingerprint density at radius 1 is 1.15 bits per heavy atom. The lowest BCUT2D eigenvalue weighted by atomic mass is 10.0. The van der Waals surface area contributed by atoms with E-state index in [2.05, 4.69) is 25.5 Å². The zero-order chi connectivity index (χ0) is 23.9. The number of rotatable bonds is 7. The quantitative estimate of drug-likeness (QED) is 0.533. The second-order valence-electron chi connectivity index (χ2n) is 8.07. The predicted octanol–water partition coefficient (Wildman–Crippen LogP) is 3.92. The second-order valence-corrected chi connectivity index (χ2v) is 8.50. The van der Waals surface area contributed by atoms with Gasteiger partial charge in [0.1, 0.15) is 23.7 Å². The lowest BCUT2D eigenvalue weighted by Gasteiger charge is -2.35. The minimum Gasteiger partial charge on any atom is -0.484 e. The van der Waals surface area contributed by atoms with Crippen LogP contribution in [-0.2, 0) is 9.59 Å². The molecule has 8 nitrogen and oxygen atoms in total. The Kier molecular flexibility index (Phi) is 7.59. The Balaban J connectivity index is 1.48. The lowest BCUT2D eigenvalue weighted by Crippen LogP contribution is -2.49. The van der Waals surface area contributed by atoms with Crippen molar-refractivity contribution in [2.45, 2.75) is 25.8 Å². The molecule has 0 radical (unpaired) electrons. The number of nitrogens with one attached hydrogen (secondary N) is 2. The average Bonchev–Trinajstić information content (AvgIpc) is 2.83. The molecular formula is C25H26ClN5O3. The molecule has 1 saturated heterocycles. The van der Waals surface area contributed by atoms with Gasteiger partial charge in [0.2, 0.25) is 5.91 Å². The van der Waals surface area contributed by atoms with E-state index in [1.54, 1.807) is 24.3 Å². The number of anilines is 2. The molecule has 2 aromatic carbocycles. The molecule has 1 atom stereocenters. The van der Waals surface area contributed by atoms with Crippen molar-refractivity contribution < 1.29 is 14.3 Å². The van der Waals surface area contributed by atoms with E-state index in [0.717, 1.165) is 36.3 Å². The summed E-state index contributed by atoms with van der Waals surface area (Å²) < 4.78 is 5.56. The summed E-state index contributed by atoms with van der Waals surface area (Å²) in [5.74, 6) is 1.33. The number of carbonyl (C=O) groups excluding carboxylic acids is 2. The Bertz CT molecular complexity index is 1160. The highest BCUT2D eigenvalue weighted by Gasteiger charge is 2.26. The zero-order valence-corrected chi connectivity index (χ0v) is 19.6. The molecule has 3 aromatic rings. The Morgan fingerprint density at radius 3 is 2.74 bits per heavy atom. The molecule has 9 heteroatoms. The van der Waals surface area contributed by atoms with E-state index in [9.17, 15) is 9.59 Å². The van der Waals surface area contributed by atoms with Gasteiger partial charge >= 0.3 is 0 Å². The first-order valence-corrected chi connectivity index (χ1v) is 11.5. The van der Waals surface area contributed by atoms with Gasteiger partial charge in [-0.05, 0) is 36.6 Å². The number of piperidine rings is 1. The predicted molar refractivity (Wildman–Crippen MR) is 132 cm³/mol. The number of hydrogen-bond donors (Lipinski definition) is 2. The molecule has 1 aliphatic heterocycles. The molecule has 1 aromatic heterocycles. The van der Waals surface area contributed by atoms with Gasteiger partial charge in [-0.25, -0.2) is 9.97 Å². The summed E-state index contributed by atoms with van der Waals surface area (Å²) in [7, 11) is 0. The third kappa shape index (κ3) is 6.02. The summed E-state index contributed by atoms with van der Waals surface area (Å²) in [6.45, 7) is 2.72. The van der Waals surface area contributed by atoms with Gasteiger partial charge in [0.05, 0.1) is 5.56 Å². The van der Waals surface area contributed by atoms with Gasteiger partial charge in [0, 0.05) is 31.1 Å². The van der Waals surface area contributed by atoms with Crippen LogP contribution in [0.1, 0.15) is 19.8 Å². The van der Waals surface area contributed by atoms with Crippen LogP contribution < -0.4 is 20.3 Å². The van der Waals surface area contributed by atoms with E-state index in [4.69, 9.17) is 16.3 Å². The molecule has 34 heavy (non-hydrogen) atoms. The Morgan fingerprint density at radius 2 is 1.97 bits per heavy atom. The monoisotopic (exact) mass is 479 g/mol. The molecule has 0 aliphatic carbocycles. The number of ether oxygens (including phenoxy) is 1. The standard InChI is InChI=1S/C25H26ClN5O3/c1-17(32)29-24-23(18-7-3-2-4-8-18)25(28-16-27-24)31-12-6-10-20(14-31)30-22(33)15-34-21-11-5-9-19(26)13-21/h2-5,7-9,11,13,16,20H,6,10,12,14-15H2,1H3,(H,30,33)(H,27,28,29,32). The molecule has 2 N–H and O–H groups in total. The third-order valence-electron chi connectivity index (χ3n) is 5.44. The number of nitrogens with zero attached hydrogens (tertiary/aromatic N) is 3. The number of carbonyl (C=O) groups is 2. The van der Waals surface area contributed by atoms with E-state index < -0.39 is 0 Å². The molecule has 0 bridgehead atoms. The fraction of sp³-hybridized carbons (Fsp3) is 0.280. The largest absolute Gasteiger partial charge is 0.484 e. The van der Waals surface area contributed by atoms with Crippen molar-refractivity contribution in [1.82, 2.24) is 15.3 Å². The van der Waals surface area contributed by atoms with E-state index in [1.807, 2.05) is 30.3 Å². The van der Waals surface area contributed by atoms with Crippen LogP contribution in [0.15, 0.2) is 60.9 Å². The maximum absolute atomic E-state index is 12.5. The van der Waals surface area contributed by atoms with Gasteiger partial charge in [0.15, 0.2) is 6.61 Å². The third-order valence-corrected chi connectivity index (χ3v) is 5.67. The molecular weight excluding hydrogens is 454 g/mol. The van der Waals surface area contributed by atoms with Gasteiger partial charge in [-0.1, -0.05) is 48.0 Å². The van der Waals surface area contributed by atoms with Crippen LogP contribution in [0.25, 0.3) is 11.1 Å². The Labute approximate surface area is 203 Å². The van der Waals surface area contributed by atoms with Crippen LogP contribution in [0.4, 0.5) is 11.6 Å². The molecule has 1 aliphatic rings. The van der Waals surface area contributed by atoms with Crippen molar-refractivity contribution in [2.24, 2.45) is 0 Å². The molecule has 1 unspecified atom stereocenters. The first-order chi connectivity index (χ1) is 16.5. The highest BCUT2D eigenvalue weighted by atomic mass is 35.5. The smallest absolute Gasteiger partial charge is 0.258 e. The highest BCUT2D eigenvalue weighted by molar-refractivity contribution is 6.30. The summed E-state index contributed by atoms with van der Waals surface area (Å²) in [4.78, 5) is 35.3. The number of hydrogen-bond acceptors (Lipinski definition) is 6. The molecule has 0 spiro atoms. The minimum atomic E-state index is -0.203. The average molecular weight is 480 g/mol. The summed E-state index contributed by atoms with van der Waals surface area (Å²) in [5.41, 5.74) is 1.66. The van der Waals surface area contributed by atoms with Gasteiger partial charge in [0.25, 0.3) is 5.91 Å². The van der Waals surface area contributed by atoms with Crippen LogP contribution in [0.2, 0.25) is 5.02 Å². The van der Waals surface area contributed by atoms with E-state index in [1.165, 1.54) is 13.3 Å². The van der Waals surface area contributed by atoms with Gasteiger partial charge in [-0.15, -0.1) is 0 Å². The lowest BCUT2D eigenvalue weighted by molar-refractivity contribution is -0.123. The number of aromatic nitrogens is 2. The van der Waals surface area contributed by atoms with Crippen molar-refractivity contribution >= 4 is 35.1 Å². The number of halogens is 1. The topological polar surface area (TPSA) is 96.5 Å². The van der Waals surface area contributed by atoms with E-state index in [-0.39, 0.29) is 24.5 Å². The zero-order valence-electron chi connectivity index (χ0n) is 18.8. The molecule has 4 rings (SSSR count). The van der Waals surface area contributed by atoms with Crippen LogP contribution in [-0.4, -0.2) is 47.5 Å². The maximum Gasteiger partial charge on any atom is 0.258 e. The molecule has 176 valence electrons. The van der Waals surface area contributed by atoms with Gasteiger partial charge in [-0.2, -0.15) is 0 Å². The normalized spacial score (nSPS) is 15.5. The summed E-state index contributed by atoms with van der Waals surface area (Å²) in [6, 6.07) is 16.6. The molecule has 1 fully saturated rings. The van der Waals surface area contributed by atoms with Gasteiger partial charge < -0.3 is 20.3 Å². The molecule has 0 saturated carbocycles. The van der Waals surface area contributed by atoms with E-state index >= 15 is 0 Å². The Hall–Kier alpha value is -3.65. The van der Waals surface area contributed by atoms with E-state index in [0.29, 0.717) is 23.1 Å². The van der Waals surface area contributed by atoms with Crippen molar-refractivity contribution in [3.63, 3.8) is 0 Å². The molecule has 2 amide bonds. The fourth-order valence-electron chi connectivity index (χ4n) is 4.01. The summed E-state index contributed by atoms with van der Waals surface area (Å²) in [5, 5.41) is 6.43. The first kappa shape index (κ1) is 23.5.